The monoisotopic (exact) mass is 331 g/mol. The molecule has 0 radical (unpaired) electrons. The third-order valence-electron chi connectivity index (χ3n) is 5.08. The van der Waals surface area contributed by atoms with Crippen molar-refractivity contribution in [2.24, 2.45) is 0 Å². The Morgan fingerprint density at radius 1 is 1.33 bits per heavy atom. The van der Waals surface area contributed by atoms with Crippen LogP contribution in [0, 0.1) is 6.92 Å². The van der Waals surface area contributed by atoms with Gasteiger partial charge in [0, 0.05) is 51.6 Å². The fraction of sp³-hybridized carbons (Fsp3) is 0.562. The molecule has 2 aliphatic heterocycles. The highest BCUT2D eigenvalue weighted by Crippen LogP contribution is 2.29. The van der Waals surface area contributed by atoms with Gasteiger partial charge in [0.1, 0.15) is 11.1 Å². The van der Waals surface area contributed by atoms with Crippen LogP contribution >= 0.6 is 0 Å². The summed E-state index contributed by atoms with van der Waals surface area (Å²) in [6.07, 6.45) is 4.15. The minimum absolute atomic E-state index is 0.276. The Labute approximate surface area is 139 Å². The second-order valence-electron chi connectivity index (χ2n) is 6.48. The van der Waals surface area contributed by atoms with Crippen LogP contribution in [0.1, 0.15) is 12.1 Å². The summed E-state index contributed by atoms with van der Waals surface area (Å²) in [6, 6.07) is 2.03. The maximum atomic E-state index is 11.8. The lowest BCUT2D eigenvalue weighted by molar-refractivity contribution is -0.152. The number of anilines is 1. The molecule has 2 aromatic rings. The zero-order chi connectivity index (χ0) is 16.7. The number of rotatable bonds is 3. The number of carbonyl (C=O) groups is 1. The largest absolute Gasteiger partial charge is 0.480 e. The van der Waals surface area contributed by atoms with Crippen LogP contribution in [0.2, 0.25) is 0 Å². The molecule has 24 heavy (non-hydrogen) atoms. The van der Waals surface area contributed by atoms with Gasteiger partial charge in [0.2, 0.25) is 0 Å². The number of aryl methyl sites for hydroxylation is 1. The van der Waals surface area contributed by atoms with Crippen molar-refractivity contribution in [1.29, 1.82) is 0 Å². The van der Waals surface area contributed by atoms with E-state index in [1.165, 1.54) is 0 Å². The Balaban J connectivity index is 1.54. The molecule has 1 atom stereocenters. The van der Waals surface area contributed by atoms with Crippen molar-refractivity contribution in [2.75, 3.05) is 44.3 Å². The van der Waals surface area contributed by atoms with E-state index in [1.54, 1.807) is 6.20 Å². The van der Waals surface area contributed by atoms with Crippen LogP contribution in [0.4, 0.5) is 5.82 Å². The van der Waals surface area contributed by atoms with E-state index < -0.39 is 11.5 Å². The zero-order valence-corrected chi connectivity index (χ0v) is 13.7. The Morgan fingerprint density at radius 3 is 2.79 bits per heavy atom. The molecule has 2 fully saturated rings. The van der Waals surface area contributed by atoms with Gasteiger partial charge in [-0.25, -0.2) is 9.50 Å². The molecule has 8 heteroatoms. The minimum atomic E-state index is -0.862. The van der Waals surface area contributed by atoms with Gasteiger partial charge >= 0.3 is 5.97 Å². The van der Waals surface area contributed by atoms with Gasteiger partial charge in [-0.05, 0) is 13.0 Å². The standard InChI is InChI=1S/C16H21N5O3/c1-12-10-13-14(17-3-4-21(13)18-12)19-5-7-20(8-6-19)16(15(22)23)2-9-24-11-16/h3-4,10H,2,5-9,11H2,1H3,(H,22,23). The van der Waals surface area contributed by atoms with Gasteiger partial charge in [0.15, 0.2) is 5.82 Å². The molecule has 1 N–H and O–H groups in total. The molecule has 2 aromatic heterocycles. The Bertz CT molecular complexity index is 760. The molecule has 4 rings (SSSR count). The highest BCUT2D eigenvalue weighted by atomic mass is 16.5. The molecule has 0 aliphatic carbocycles. The molecule has 0 bridgehead atoms. The number of carboxylic acids is 1. The van der Waals surface area contributed by atoms with Gasteiger partial charge < -0.3 is 14.7 Å². The summed E-state index contributed by atoms with van der Waals surface area (Å²) in [5, 5.41) is 14.1. The van der Waals surface area contributed by atoms with Crippen LogP contribution in [0.15, 0.2) is 18.5 Å². The third-order valence-corrected chi connectivity index (χ3v) is 5.08. The fourth-order valence-corrected chi connectivity index (χ4v) is 3.73. The molecule has 0 spiro atoms. The van der Waals surface area contributed by atoms with Crippen molar-refractivity contribution >= 4 is 17.3 Å². The number of fused-ring (bicyclic) bond motifs is 1. The van der Waals surface area contributed by atoms with Gasteiger partial charge in [-0.3, -0.25) is 9.69 Å². The van der Waals surface area contributed by atoms with E-state index in [-0.39, 0.29) is 6.61 Å². The first kappa shape index (κ1) is 15.3. The zero-order valence-electron chi connectivity index (χ0n) is 13.7. The lowest BCUT2D eigenvalue weighted by Gasteiger charge is -2.42. The predicted molar refractivity (Wildman–Crippen MR) is 87.3 cm³/mol. The van der Waals surface area contributed by atoms with Crippen LogP contribution in [0.3, 0.4) is 0 Å². The molecule has 4 heterocycles. The highest BCUT2D eigenvalue weighted by Gasteiger charge is 2.48. The summed E-state index contributed by atoms with van der Waals surface area (Å²) >= 11 is 0. The smallest absolute Gasteiger partial charge is 0.326 e. The van der Waals surface area contributed by atoms with E-state index in [9.17, 15) is 9.90 Å². The van der Waals surface area contributed by atoms with Crippen LogP contribution in [-0.2, 0) is 9.53 Å². The third kappa shape index (κ3) is 2.33. The van der Waals surface area contributed by atoms with Gasteiger partial charge in [-0.2, -0.15) is 5.10 Å². The minimum Gasteiger partial charge on any atom is -0.480 e. The predicted octanol–water partition coefficient (Wildman–Crippen LogP) is 0.403. The van der Waals surface area contributed by atoms with Crippen molar-refractivity contribution in [3.05, 3.63) is 24.2 Å². The number of carboxylic acid groups (broad SMARTS) is 1. The maximum absolute atomic E-state index is 11.8. The highest BCUT2D eigenvalue weighted by molar-refractivity contribution is 5.79. The molecule has 0 saturated carbocycles. The average molecular weight is 331 g/mol. The molecule has 0 amide bonds. The Morgan fingerprint density at radius 2 is 2.12 bits per heavy atom. The molecule has 1 unspecified atom stereocenters. The topological polar surface area (TPSA) is 83.2 Å². The van der Waals surface area contributed by atoms with Crippen molar-refractivity contribution in [3.8, 4) is 0 Å². The summed E-state index contributed by atoms with van der Waals surface area (Å²) in [5.74, 6) is 0.130. The summed E-state index contributed by atoms with van der Waals surface area (Å²) < 4.78 is 7.23. The number of aliphatic carboxylic acids is 1. The SMILES string of the molecule is Cc1cc2c(N3CCN(C4(C(=O)O)CCOC4)CC3)nccn2n1. The molecular formula is C16H21N5O3. The fourth-order valence-electron chi connectivity index (χ4n) is 3.73. The average Bonchev–Trinajstić information content (AvgIpc) is 3.21. The number of hydrogen-bond donors (Lipinski definition) is 1. The molecular weight excluding hydrogens is 310 g/mol. The summed E-state index contributed by atoms with van der Waals surface area (Å²) in [6.45, 7) is 5.61. The van der Waals surface area contributed by atoms with Crippen molar-refractivity contribution < 1.29 is 14.6 Å². The number of aromatic nitrogens is 3. The van der Waals surface area contributed by atoms with Crippen LogP contribution in [0.25, 0.3) is 5.52 Å². The lowest BCUT2D eigenvalue weighted by atomic mass is 9.95. The van der Waals surface area contributed by atoms with Gasteiger partial charge in [-0.1, -0.05) is 0 Å². The van der Waals surface area contributed by atoms with Crippen LogP contribution in [-0.4, -0.2) is 75.5 Å². The molecule has 128 valence electrons. The van der Waals surface area contributed by atoms with E-state index in [1.807, 2.05) is 23.7 Å². The summed E-state index contributed by atoms with van der Waals surface area (Å²) in [4.78, 5) is 20.6. The normalized spacial score (nSPS) is 25.5. The number of ether oxygens (including phenoxy) is 1. The Kier molecular flexibility index (Phi) is 3.65. The summed E-state index contributed by atoms with van der Waals surface area (Å²) in [7, 11) is 0. The second-order valence-corrected chi connectivity index (χ2v) is 6.48. The molecule has 2 saturated heterocycles. The number of nitrogens with zero attached hydrogens (tertiary/aromatic N) is 5. The first-order chi connectivity index (χ1) is 11.6. The number of hydrogen-bond acceptors (Lipinski definition) is 6. The second kappa shape index (κ2) is 5.71. The first-order valence-corrected chi connectivity index (χ1v) is 8.22. The van der Waals surface area contributed by atoms with Crippen LogP contribution in [0.5, 0.6) is 0 Å². The molecule has 8 nitrogen and oxygen atoms in total. The van der Waals surface area contributed by atoms with E-state index in [0.717, 1.165) is 30.1 Å². The Hall–Kier alpha value is -2.19. The van der Waals surface area contributed by atoms with E-state index in [4.69, 9.17) is 4.74 Å². The van der Waals surface area contributed by atoms with E-state index in [2.05, 4.69) is 19.9 Å². The van der Waals surface area contributed by atoms with Gasteiger partial charge in [0.05, 0.1) is 12.3 Å². The van der Waals surface area contributed by atoms with Crippen LogP contribution < -0.4 is 4.90 Å². The van der Waals surface area contributed by atoms with E-state index >= 15 is 0 Å². The molecule has 2 aliphatic rings. The van der Waals surface area contributed by atoms with Gasteiger partial charge in [-0.15, -0.1) is 0 Å². The quantitative estimate of drug-likeness (QED) is 0.872. The summed E-state index contributed by atoms with van der Waals surface area (Å²) in [5.41, 5.74) is 1.08. The number of piperazine rings is 1. The van der Waals surface area contributed by atoms with Crippen molar-refractivity contribution in [2.45, 2.75) is 18.9 Å². The maximum Gasteiger partial charge on any atom is 0.326 e. The van der Waals surface area contributed by atoms with Gasteiger partial charge in [0.25, 0.3) is 0 Å². The lowest BCUT2D eigenvalue weighted by Crippen LogP contribution is -2.61. The van der Waals surface area contributed by atoms with Crippen molar-refractivity contribution in [1.82, 2.24) is 19.5 Å². The first-order valence-electron chi connectivity index (χ1n) is 8.22. The van der Waals surface area contributed by atoms with Crippen molar-refractivity contribution in [3.63, 3.8) is 0 Å². The molecule has 0 aromatic carbocycles. The van der Waals surface area contributed by atoms with E-state index in [0.29, 0.717) is 26.1 Å².